The van der Waals surface area contributed by atoms with E-state index >= 15 is 0 Å². The number of para-hydroxylation sites is 1. The first-order chi connectivity index (χ1) is 9.94. The van der Waals surface area contributed by atoms with Gasteiger partial charge >= 0.3 is 6.36 Å². The molecule has 0 saturated carbocycles. The average molecular weight is 299 g/mol. The van der Waals surface area contributed by atoms with Crippen LogP contribution >= 0.6 is 0 Å². The summed E-state index contributed by atoms with van der Waals surface area (Å²) in [6.45, 7) is -0.294. The number of pyridine rings is 1. The summed E-state index contributed by atoms with van der Waals surface area (Å²) in [5, 5.41) is 9.03. The summed E-state index contributed by atoms with van der Waals surface area (Å²) in [5.41, 5.74) is 0.892. The molecule has 0 aliphatic rings. The number of ether oxygens (including phenoxy) is 2. The van der Waals surface area contributed by atoms with Crippen LogP contribution in [-0.4, -0.2) is 23.6 Å². The SMILES string of the molecule is COc1nc(CO)ccc1-c1ccccc1OC(F)(F)F. The topological polar surface area (TPSA) is 51.6 Å². The largest absolute Gasteiger partial charge is 0.573 e. The Hall–Kier alpha value is -2.28. The fraction of sp³-hybridized carbons (Fsp3) is 0.214. The summed E-state index contributed by atoms with van der Waals surface area (Å²) in [5.74, 6) is -0.235. The summed E-state index contributed by atoms with van der Waals surface area (Å²) < 4.78 is 46.4. The van der Waals surface area contributed by atoms with Crippen molar-refractivity contribution >= 4 is 0 Å². The first-order valence-corrected chi connectivity index (χ1v) is 5.94. The van der Waals surface area contributed by atoms with Crippen molar-refractivity contribution in [3.8, 4) is 22.8 Å². The van der Waals surface area contributed by atoms with Crippen molar-refractivity contribution in [3.63, 3.8) is 0 Å². The minimum absolute atomic E-state index is 0.111. The van der Waals surface area contributed by atoms with Gasteiger partial charge in [-0.1, -0.05) is 18.2 Å². The van der Waals surface area contributed by atoms with E-state index in [-0.39, 0.29) is 23.8 Å². The molecule has 0 saturated heterocycles. The van der Waals surface area contributed by atoms with Crippen molar-refractivity contribution in [2.45, 2.75) is 13.0 Å². The van der Waals surface area contributed by atoms with Crippen molar-refractivity contribution in [1.29, 1.82) is 0 Å². The van der Waals surface area contributed by atoms with Crippen LogP contribution in [-0.2, 0) is 6.61 Å². The highest BCUT2D eigenvalue weighted by atomic mass is 19.4. The van der Waals surface area contributed by atoms with Crippen LogP contribution in [0.3, 0.4) is 0 Å². The molecule has 2 aromatic rings. The molecule has 2 rings (SSSR count). The number of aliphatic hydroxyl groups excluding tert-OH is 1. The van der Waals surface area contributed by atoms with Gasteiger partial charge in [0, 0.05) is 11.1 Å². The minimum atomic E-state index is -4.79. The molecule has 7 heteroatoms. The molecule has 0 atom stereocenters. The smallest absolute Gasteiger partial charge is 0.481 e. The highest BCUT2D eigenvalue weighted by Crippen LogP contribution is 2.37. The van der Waals surface area contributed by atoms with Gasteiger partial charge in [0.2, 0.25) is 5.88 Å². The van der Waals surface area contributed by atoms with Gasteiger partial charge in [-0.25, -0.2) is 4.98 Å². The average Bonchev–Trinajstić information content (AvgIpc) is 2.45. The number of rotatable bonds is 4. The molecule has 21 heavy (non-hydrogen) atoms. The Bertz CT molecular complexity index is 629. The van der Waals surface area contributed by atoms with E-state index in [0.717, 1.165) is 0 Å². The molecular weight excluding hydrogens is 287 g/mol. The van der Waals surface area contributed by atoms with Crippen LogP contribution < -0.4 is 9.47 Å². The summed E-state index contributed by atoms with van der Waals surface area (Å²) in [4.78, 5) is 4.01. The van der Waals surface area contributed by atoms with E-state index in [2.05, 4.69) is 9.72 Å². The van der Waals surface area contributed by atoms with Gasteiger partial charge in [-0.3, -0.25) is 0 Å². The summed E-state index contributed by atoms with van der Waals surface area (Å²) in [6.07, 6.45) is -4.79. The van der Waals surface area contributed by atoms with E-state index in [9.17, 15) is 13.2 Å². The lowest BCUT2D eigenvalue weighted by atomic mass is 10.1. The van der Waals surface area contributed by atoms with Gasteiger partial charge in [0.1, 0.15) is 5.75 Å². The number of benzene rings is 1. The Balaban J connectivity index is 2.51. The van der Waals surface area contributed by atoms with Gasteiger partial charge in [-0.15, -0.1) is 13.2 Å². The second-order valence-corrected chi connectivity index (χ2v) is 4.06. The zero-order chi connectivity index (χ0) is 15.5. The lowest BCUT2D eigenvalue weighted by molar-refractivity contribution is -0.274. The zero-order valence-corrected chi connectivity index (χ0v) is 11.0. The van der Waals surface area contributed by atoms with E-state index in [1.54, 1.807) is 6.07 Å². The highest BCUT2D eigenvalue weighted by molar-refractivity contribution is 5.74. The molecule has 0 spiro atoms. The fourth-order valence-electron chi connectivity index (χ4n) is 1.83. The molecule has 1 heterocycles. The van der Waals surface area contributed by atoms with Gasteiger partial charge in [-0.2, -0.15) is 0 Å². The maximum absolute atomic E-state index is 12.4. The third kappa shape index (κ3) is 3.63. The van der Waals surface area contributed by atoms with Crippen LogP contribution in [0.4, 0.5) is 13.2 Å². The molecule has 0 fully saturated rings. The predicted molar refractivity (Wildman–Crippen MR) is 68.8 cm³/mol. The fourth-order valence-corrected chi connectivity index (χ4v) is 1.83. The van der Waals surface area contributed by atoms with E-state index in [1.165, 1.54) is 37.4 Å². The molecule has 0 aliphatic heterocycles. The van der Waals surface area contributed by atoms with E-state index < -0.39 is 6.36 Å². The second-order valence-electron chi connectivity index (χ2n) is 4.06. The van der Waals surface area contributed by atoms with E-state index in [0.29, 0.717) is 11.3 Å². The van der Waals surface area contributed by atoms with Gasteiger partial charge in [0.15, 0.2) is 0 Å². The van der Waals surface area contributed by atoms with Crippen molar-refractivity contribution in [2.75, 3.05) is 7.11 Å². The predicted octanol–water partition coefficient (Wildman–Crippen LogP) is 3.15. The number of hydrogen-bond donors (Lipinski definition) is 1. The minimum Gasteiger partial charge on any atom is -0.481 e. The monoisotopic (exact) mass is 299 g/mol. The molecule has 0 radical (unpaired) electrons. The summed E-state index contributed by atoms with van der Waals surface area (Å²) in [6, 6.07) is 8.73. The number of alkyl halides is 3. The number of hydrogen-bond acceptors (Lipinski definition) is 4. The first kappa shape index (κ1) is 15.1. The Morgan fingerprint density at radius 2 is 1.81 bits per heavy atom. The van der Waals surface area contributed by atoms with Crippen molar-refractivity contribution < 1.29 is 27.8 Å². The van der Waals surface area contributed by atoms with Gasteiger partial charge in [0.25, 0.3) is 0 Å². The molecule has 1 N–H and O–H groups in total. The Morgan fingerprint density at radius 3 is 2.43 bits per heavy atom. The molecule has 0 aliphatic carbocycles. The van der Waals surface area contributed by atoms with Crippen LogP contribution in [0, 0.1) is 0 Å². The summed E-state index contributed by atoms with van der Waals surface area (Å²) in [7, 11) is 1.35. The van der Waals surface area contributed by atoms with Crippen LogP contribution in [0.25, 0.3) is 11.1 Å². The van der Waals surface area contributed by atoms with Crippen LogP contribution in [0.2, 0.25) is 0 Å². The number of nitrogens with zero attached hydrogens (tertiary/aromatic N) is 1. The van der Waals surface area contributed by atoms with Crippen molar-refractivity contribution in [3.05, 3.63) is 42.1 Å². The summed E-state index contributed by atoms with van der Waals surface area (Å²) >= 11 is 0. The van der Waals surface area contributed by atoms with Crippen LogP contribution in [0.5, 0.6) is 11.6 Å². The number of aromatic nitrogens is 1. The standard InChI is InChI=1S/C14H12F3NO3/c1-20-13-11(7-6-9(8-19)18-13)10-4-2-3-5-12(10)21-14(15,16)17/h2-7,19H,8H2,1H3. The second kappa shape index (κ2) is 6.01. The number of methoxy groups -OCH3 is 1. The van der Waals surface area contributed by atoms with Gasteiger partial charge < -0.3 is 14.6 Å². The molecule has 0 unspecified atom stereocenters. The Labute approximate surface area is 118 Å². The normalized spacial score (nSPS) is 11.3. The number of halogens is 3. The zero-order valence-electron chi connectivity index (χ0n) is 11.0. The maximum Gasteiger partial charge on any atom is 0.573 e. The molecular formula is C14H12F3NO3. The molecule has 112 valence electrons. The van der Waals surface area contributed by atoms with E-state index in [4.69, 9.17) is 9.84 Å². The maximum atomic E-state index is 12.4. The lowest BCUT2D eigenvalue weighted by Crippen LogP contribution is -2.17. The Morgan fingerprint density at radius 1 is 1.10 bits per heavy atom. The molecule has 0 amide bonds. The molecule has 0 bridgehead atoms. The molecule has 1 aromatic heterocycles. The van der Waals surface area contributed by atoms with Crippen molar-refractivity contribution in [2.24, 2.45) is 0 Å². The Kier molecular flexibility index (Phi) is 4.32. The quantitative estimate of drug-likeness (QED) is 0.942. The van der Waals surface area contributed by atoms with E-state index in [1.807, 2.05) is 0 Å². The number of aliphatic hydroxyl groups is 1. The van der Waals surface area contributed by atoms with Crippen molar-refractivity contribution in [1.82, 2.24) is 4.98 Å². The van der Waals surface area contributed by atoms with Gasteiger partial charge in [-0.05, 0) is 18.2 Å². The van der Waals surface area contributed by atoms with Crippen LogP contribution in [0.15, 0.2) is 36.4 Å². The first-order valence-electron chi connectivity index (χ1n) is 5.94. The lowest BCUT2D eigenvalue weighted by Gasteiger charge is -2.15. The molecule has 1 aromatic carbocycles. The third-order valence-corrected chi connectivity index (χ3v) is 2.68. The third-order valence-electron chi connectivity index (χ3n) is 2.68. The molecule has 4 nitrogen and oxygen atoms in total. The highest BCUT2D eigenvalue weighted by Gasteiger charge is 2.32. The van der Waals surface area contributed by atoms with Gasteiger partial charge in [0.05, 0.1) is 19.4 Å². The van der Waals surface area contributed by atoms with Crippen LogP contribution in [0.1, 0.15) is 5.69 Å².